The van der Waals surface area contributed by atoms with Gasteiger partial charge in [-0.1, -0.05) is 12.1 Å². The van der Waals surface area contributed by atoms with Gasteiger partial charge in [-0.05, 0) is 61.4 Å². The van der Waals surface area contributed by atoms with Gasteiger partial charge in [-0.25, -0.2) is 0 Å². The van der Waals surface area contributed by atoms with Crippen molar-refractivity contribution in [3.63, 3.8) is 0 Å². The van der Waals surface area contributed by atoms with E-state index in [1.54, 1.807) is 0 Å². The normalized spacial score (nSPS) is 12.6. The van der Waals surface area contributed by atoms with Crippen LogP contribution in [-0.2, 0) is 12.3 Å². The van der Waals surface area contributed by atoms with E-state index in [2.05, 4.69) is 69.1 Å². The zero-order chi connectivity index (χ0) is 15.4. The molecule has 1 aromatic carbocycles. The third-order valence-corrected chi connectivity index (χ3v) is 5.70. The summed E-state index contributed by atoms with van der Waals surface area (Å²) >= 11 is 5.50. The number of hydrogen-bond acceptors (Lipinski definition) is 3. The third-order valence-electron chi connectivity index (χ3n) is 3.64. The zero-order valence-electron chi connectivity index (χ0n) is 13.0. The molecule has 1 unspecified atom stereocenters. The maximum Gasteiger partial charge on any atom is 0.0739 e. The summed E-state index contributed by atoms with van der Waals surface area (Å²) in [5, 5.41) is 7.80. The molecule has 114 valence electrons. The Hall–Kier alpha value is -0.780. The highest BCUT2D eigenvalue weighted by Gasteiger charge is 2.12. The van der Waals surface area contributed by atoms with Crippen LogP contribution >= 0.6 is 27.7 Å². The van der Waals surface area contributed by atoms with E-state index >= 15 is 0 Å². The molecule has 1 N–H and O–H groups in total. The van der Waals surface area contributed by atoms with E-state index in [0.29, 0.717) is 6.04 Å². The van der Waals surface area contributed by atoms with Crippen LogP contribution in [0.25, 0.3) is 0 Å². The molecule has 5 heteroatoms. The number of aryl methyl sites for hydroxylation is 2. The molecule has 0 saturated heterocycles. The number of thioether (sulfide) groups is 1. The molecule has 0 fully saturated rings. The second kappa shape index (κ2) is 7.47. The van der Waals surface area contributed by atoms with Gasteiger partial charge in [-0.15, -0.1) is 11.8 Å². The minimum absolute atomic E-state index is 0.391. The molecule has 1 atom stereocenters. The number of benzene rings is 1. The number of nitrogens with one attached hydrogen (secondary N) is 1. The van der Waals surface area contributed by atoms with Crippen LogP contribution in [0.4, 0.5) is 0 Å². The number of aromatic nitrogens is 2. The molecule has 0 aliphatic carbocycles. The van der Waals surface area contributed by atoms with E-state index in [4.69, 9.17) is 0 Å². The molecule has 0 spiro atoms. The van der Waals surface area contributed by atoms with E-state index in [1.165, 1.54) is 16.2 Å². The molecule has 1 aromatic heterocycles. The SMILES string of the molecule is CCn1nc(C)c(Br)c1CSc1ccc(C(C)NC)cc1. The second-order valence-corrected chi connectivity index (χ2v) is 6.87. The molecule has 21 heavy (non-hydrogen) atoms. The molecule has 0 saturated carbocycles. The zero-order valence-corrected chi connectivity index (χ0v) is 15.4. The van der Waals surface area contributed by atoms with Gasteiger partial charge < -0.3 is 5.32 Å². The first kappa shape index (κ1) is 16.6. The maximum atomic E-state index is 4.54. The fourth-order valence-corrected chi connectivity index (χ4v) is 3.71. The van der Waals surface area contributed by atoms with Gasteiger partial charge in [0.1, 0.15) is 0 Å². The Bertz CT molecular complexity index is 592. The lowest BCUT2D eigenvalue weighted by Crippen LogP contribution is -2.11. The lowest BCUT2D eigenvalue weighted by Gasteiger charge is -2.11. The number of hydrogen-bond donors (Lipinski definition) is 1. The minimum atomic E-state index is 0.391. The molecular formula is C16H22BrN3S. The number of nitrogens with zero attached hydrogens (tertiary/aromatic N) is 2. The van der Waals surface area contributed by atoms with Crippen molar-refractivity contribution in [1.29, 1.82) is 0 Å². The number of halogens is 1. The van der Waals surface area contributed by atoms with Gasteiger partial charge in [0, 0.05) is 23.2 Å². The molecule has 0 radical (unpaired) electrons. The molecule has 3 nitrogen and oxygen atoms in total. The molecule has 0 bridgehead atoms. The summed E-state index contributed by atoms with van der Waals surface area (Å²) in [7, 11) is 1.99. The largest absolute Gasteiger partial charge is 0.313 e. The Morgan fingerprint density at radius 3 is 2.57 bits per heavy atom. The minimum Gasteiger partial charge on any atom is -0.313 e. The van der Waals surface area contributed by atoms with Crippen LogP contribution in [0, 0.1) is 6.92 Å². The monoisotopic (exact) mass is 367 g/mol. The van der Waals surface area contributed by atoms with Crippen LogP contribution in [-0.4, -0.2) is 16.8 Å². The van der Waals surface area contributed by atoms with E-state index in [-0.39, 0.29) is 0 Å². The van der Waals surface area contributed by atoms with Crippen molar-refractivity contribution in [2.45, 2.75) is 44.0 Å². The van der Waals surface area contributed by atoms with Gasteiger partial charge >= 0.3 is 0 Å². The maximum absolute atomic E-state index is 4.54. The van der Waals surface area contributed by atoms with Crippen LogP contribution in [0.15, 0.2) is 33.6 Å². The highest BCUT2D eigenvalue weighted by molar-refractivity contribution is 9.10. The summed E-state index contributed by atoms with van der Waals surface area (Å²) in [4.78, 5) is 1.29. The Balaban J connectivity index is 2.06. The van der Waals surface area contributed by atoms with Crippen molar-refractivity contribution in [3.8, 4) is 0 Å². The first-order valence-corrected chi connectivity index (χ1v) is 8.96. The molecule has 0 aliphatic rings. The quantitative estimate of drug-likeness (QED) is 0.759. The van der Waals surface area contributed by atoms with Gasteiger partial charge in [0.15, 0.2) is 0 Å². The van der Waals surface area contributed by atoms with Gasteiger partial charge in [-0.3, -0.25) is 4.68 Å². The van der Waals surface area contributed by atoms with Crippen molar-refractivity contribution in [2.75, 3.05) is 7.05 Å². The predicted octanol–water partition coefficient (Wildman–Crippen LogP) is 4.55. The summed E-state index contributed by atoms with van der Waals surface area (Å²) in [6.07, 6.45) is 0. The molecule has 0 aliphatic heterocycles. The van der Waals surface area contributed by atoms with E-state index in [0.717, 1.165) is 22.5 Å². The lowest BCUT2D eigenvalue weighted by atomic mass is 10.1. The standard InChI is InChI=1S/C16H22BrN3S/c1-5-20-15(16(17)12(3)19-20)10-21-14-8-6-13(7-9-14)11(2)18-4/h6-9,11,18H,5,10H2,1-4H3. The van der Waals surface area contributed by atoms with Gasteiger partial charge in [0.05, 0.1) is 15.9 Å². The molecule has 0 amide bonds. The predicted molar refractivity (Wildman–Crippen MR) is 93.8 cm³/mol. The van der Waals surface area contributed by atoms with Crippen LogP contribution in [0.3, 0.4) is 0 Å². The summed E-state index contributed by atoms with van der Waals surface area (Å²) < 4.78 is 3.21. The first-order chi connectivity index (χ1) is 10.1. The lowest BCUT2D eigenvalue weighted by molar-refractivity contribution is 0.631. The number of rotatable bonds is 6. The Morgan fingerprint density at radius 1 is 1.33 bits per heavy atom. The Kier molecular flexibility index (Phi) is 5.90. The topological polar surface area (TPSA) is 29.9 Å². The summed E-state index contributed by atoms with van der Waals surface area (Å²) in [5.74, 6) is 0.927. The summed E-state index contributed by atoms with van der Waals surface area (Å²) in [6.45, 7) is 7.24. The van der Waals surface area contributed by atoms with E-state index in [1.807, 2.05) is 25.7 Å². The highest BCUT2D eigenvalue weighted by atomic mass is 79.9. The molecule has 2 aromatic rings. The third kappa shape index (κ3) is 3.90. The van der Waals surface area contributed by atoms with Gasteiger partial charge in [0.25, 0.3) is 0 Å². The van der Waals surface area contributed by atoms with Crippen molar-refractivity contribution in [1.82, 2.24) is 15.1 Å². The smallest absolute Gasteiger partial charge is 0.0739 e. The Labute approximate surface area is 139 Å². The molecular weight excluding hydrogens is 346 g/mol. The van der Waals surface area contributed by atoms with Crippen molar-refractivity contribution in [2.24, 2.45) is 0 Å². The van der Waals surface area contributed by atoms with Crippen molar-refractivity contribution in [3.05, 3.63) is 45.7 Å². The molecule has 2 rings (SSSR count). The second-order valence-electron chi connectivity index (χ2n) is 5.03. The van der Waals surface area contributed by atoms with Crippen molar-refractivity contribution < 1.29 is 0 Å². The van der Waals surface area contributed by atoms with Crippen LogP contribution < -0.4 is 5.32 Å². The van der Waals surface area contributed by atoms with Crippen LogP contribution in [0.2, 0.25) is 0 Å². The van der Waals surface area contributed by atoms with Crippen molar-refractivity contribution >= 4 is 27.7 Å². The fraction of sp³-hybridized carbons (Fsp3) is 0.438. The Morgan fingerprint density at radius 2 is 2.00 bits per heavy atom. The van der Waals surface area contributed by atoms with Crippen LogP contribution in [0.1, 0.15) is 36.8 Å². The summed E-state index contributed by atoms with van der Waals surface area (Å²) in [6, 6.07) is 9.17. The van der Waals surface area contributed by atoms with Gasteiger partial charge in [-0.2, -0.15) is 5.10 Å². The van der Waals surface area contributed by atoms with E-state index < -0.39 is 0 Å². The summed E-state index contributed by atoms with van der Waals surface area (Å²) in [5.41, 5.74) is 3.63. The molecule has 1 heterocycles. The highest BCUT2D eigenvalue weighted by Crippen LogP contribution is 2.29. The average Bonchev–Trinajstić information content (AvgIpc) is 2.79. The van der Waals surface area contributed by atoms with E-state index in [9.17, 15) is 0 Å². The fourth-order valence-electron chi connectivity index (χ4n) is 2.18. The van der Waals surface area contributed by atoms with Crippen LogP contribution in [0.5, 0.6) is 0 Å². The first-order valence-electron chi connectivity index (χ1n) is 7.18. The average molecular weight is 368 g/mol. The van der Waals surface area contributed by atoms with Gasteiger partial charge in [0.2, 0.25) is 0 Å².